The zero-order valence-corrected chi connectivity index (χ0v) is 10.4. The highest BCUT2D eigenvalue weighted by atomic mass is 16.4. The van der Waals surface area contributed by atoms with Gasteiger partial charge in [0.1, 0.15) is 0 Å². The quantitative estimate of drug-likeness (QED) is 0.848. The second kappa shape index (κ2) is 5.65. The first-order chi connectivity index (χ1) is 8.68. The Morgan fingerprint density at radius 2 is 1.94 bits per heavy atom. The van der Waals surface area contributed by atoms with Gasteiger partial charge in [-0.2, -0.15) is 0 Å². The molecule has 0 amide bonds. The van der Waals surface area contributed by atoms with Crippen molar-refractivity contribution in [2.24, 2.45) is 0 Å². The fraction of sp³-hybridized carbons (Fsp3) is 0.267. The van der Waals surface area contributed by atoms with Crippen molar-refractivity contribution < 1.29 is 9.90 Å². The lowest BCUT2D eigenvalue weighted by molar-refractivity contribution is -0.136. The van der Waals surface area contributed by atoms with Gasteiger partial charge in [-0.1, -0.05) is 42.5 Å². The van der Waals surface area contributed by atoms with Crippen LogP contribution < -0.4 is 5.32 Å². The smallest absolute Gasteiger partial charge is 0.304 e. The van der Waals surface area contributed by atoms with Gasteiger partial charge < -0.3 is 10.4 Å². The molecule has 0 aromatic heterocycles. The minimum Gasteiger partial charge on any atom is -0.481 e. The Bertz CT molecular complexity index is 546. The zero-order valence-electron chi connectivity index (χ0n) is 10.4. The van der Waals surface area contributed by atoms with Crippen LogP contribution in [0.2, 0.25) is 0 Å². The van der Waals surface area contributed by atoms with Crippen molar-refractivity contribution in [2.75, 3.05) is 6.54 Å². The Morgan fingerprint density at radius 3 is 2.72 bits per heavy atom. The molecule has 2 aromatic rings. The standard InChI is InChI=1S/C15H17NO2/c1-11(16-10-9-15(17)18)13-8-4-6-12-5-2-3-7-14(12)13/h2-8,11,16H,9-10H2,1H3,(H,17,18)/t11-/m0/s1. The van der Waals surface area contributed by atoms with Crippen molar-refractivity contribution in [2.45, 2.75) is 19.4 Å². The lowest BCUT2D eigenvalue weighted by Crippen LogP contribution is -2.22. The number of hydrogen-bond acceptors (Lipinski definition) is 2. The lowest BCUT2D eigenvalue weighted by atomic mass is 10.00. The van der Waals surface area contributed by atoms with Crippen LogP contribution in [-0.4, -0.2) is 17.6 Å². The summed E-state index contributed by atoms with van der Waals surface area (Å²) in [5.74, 6) is -0.771. The van der Waals surface area contributed by atoms with Crippen LogP contribution in [0.3, 0.4) is 0 Å². The number of fused-ring (bicyclic) bond motifs is 1. The molecule has 0 spiro atoms. The van der Waals surface area contributed by atoms with Crippen molar-refractivity contribution in [3.05, 3.63) is 48.0 Å². The molecule has 94 valence electrons. The van der Waals surface area contributed by atoms with E-state index in [2.05, 4.69) is 36.5 Å². The van der Waals surface area contributed by atoms with Crippen LogP contribution in [0, 0.1) is 0 Å². The number of benzene rings is 2. The van der Waals surface area contributed by atoms with Crippen molar-refractivity contribution in [1.29, 1.82) is 0 Å². The van der Waals surface area contributed by atoms with Gasteiger partial charge in [0, 0.05) is 12.6 Å². The molecular weight excluding hydrogens is 226 g/mol. The number of nitrogens with one attached hydrogen (secondary N) is 1. The number of carboxylic acids is 1. The third kappa shape index (κ3) is 2.87. The number of aliphatic carboxylic acids is 1. The molecule has 0 aliphatic rings. The molecule has 2 aromatic carbocycles. The molecule has 0 fully saturated rings. The van der Waals surface area contributed by atoms with Gasteiger partial charge in [-0.25, -0.2) is 0 Å². The average molecular weight is 243 g/mol. The summed E-state index contributed by atoms with van der Waals surface area (Å²) in [6, 6.07) is 14.6. The molecule has 0 heterocycles. The molecule has 0 saturated carbocycles. The number of carboxylic acid groups (broad SMARTS) is 1. The number of carbonyl (C=O) groups is 1. The van der Waals surface area contributed by atoms with E-state index in [-0.39, 0.29) is 12.5 Å². The van der Waals surface area contributed by atoms with Crippen LogP contribution in [0.15, 0.2) is 42.5 Å². The molecule has 0 bridgehead atoms. The minimum atomic E-state index is -0.771. The summed E-state index contributed by atoms with van der Waals surface area (Å²) in [6.07, 6.45) is 0.148. The molecule has 18 heavy (non-hydrogen) atoms. The monoisotopic (exact) mass is 243 g/mol. The van der Waals surface area contributed by atoms with Crippen molar-refractivity contribution >= 4 is 16.7 Å². The highest BCUT2D eigenvalue weighted by Crippen LogP contribution is 2.23. The van der Waals surface area contributed by atoms with Gasteiger partial charge in [0.2, 0.25) is 0 Å². The molecule has 1 atom stereocenters. The van der Waals surface area contributed by atoms with Crippen LogP contribution >= 0.6 is 0 Å². The van der Waals surface area contributed by atoms with E-state index in [0.717, 1.165) is 0 Å². The van der Waals surface area contributed by atoms with E-state index in [4.69, 9.17) is 5.11 Å². The van der Waals surface area contributed by atoms with E-state index < -0.39 is 5.97 Å². The zero-order chi connectivity index (χ0) is 13.0. The van der Waals surface area contributed by atoms with Gasteiger partial charge in [-0.15, -0.1) is 0 Å². The molecular formula is C15H17NO2. The van der Waals surface area contributed by atoms with Crippen molar-refractivity contribution in [3.8, 4) is 0 Å². The minimum absolute atomic E-state index is 0.148. The van der Waals surface area contributed by atoms with Crippen molar-refractivity contribution in [1.82, 2.24) is 5.32 Å². The highest BCUT2D eigenvalue weighted by Gasteiger charge is 2.08. The van der Waals surface area contributed by atoms with Crippen LogP contribution in [0.4, 0.5) is 0 Å². The average Bonchev–Trinajstić information content (AvgIpc) is 2.37. The Labute approximate surface area is 106 Å². The van der Waals surface area contributed by atoms with E-state index in [1.807, 2.05) is 18.2 Å². The molecule has 0 aliphatic carbocycles. The molecule has 0 radical (unpaired) electrons. The molecule has 0 unspecified atom stereocenters. The third-order valence-electron chi connectivity index (χ3n) is 3.08. The predicted octanol–water partition coefficient (Wildman–Crippen LogP) is 2.97. The normalized spacial score (nSPS) is 12.5. The van der Waals surface area contributed by atoms with E-state index in [1.54, 1.807) is 0 Å². The topological polar surface area (TPSA) is 49.3 Å². The van der Waals surface area contributed by atoms with Crippen LogP contribution in [-0.2, 0) is 4.79 Å². The molecule has 2 rings (SSSR count). The van der Waals surface area contributed by atoms with Gasteiger partial charge in [0.15, 0.2) is 0 Å². The summed E-state index contributed by atoms with van der Waals surface area (Å²) in [4.78, 5) is 10.5. The van der Waals surface area contributed by atoms with E-state index in [9.17, 15) is 4.79 Å². The first-order valence-electron chi connectivity index (χ1n) is 6.11. The maximum Gasteiger partial charge on any atom is 0.304 e. The van der Waals surface area contributed by atoms with Gasteiger partial charge in [-0.05, 0) is 23.3 Å². The van der Waals surface area contributed by atoms with Gasteiger partial charge in [-0.3, -0.25) is 4.79 Å². The summed E-state index contributed by atoms with van der Waals surface area (Å²) in [7, 11) is 0. The molecule has 3 heteroatoms. The second-order valence-electron chi connectivity index (χ2n) is 4.39. The van der Waals surface area contributed by atoms with E-state index >= 15 is 0 Å². The van der Waals surface area contributed by atoms with Gasteiger partial charge >= 0.3 is 5.97 Å². The van der Waals surface area contributed by atoms with Crippen LogP contribution in [0.1, 0.15) is 24.9 Å². The second-order valence-corrected chi connectivity index (χ2v) is 4.39. The molecule has 0 aliphatic heterocycles. The first-order valence-corrected chi connectivity index (χ1v) is 6.11. The summed E-state index contributed by atoms with van der Waals surface area (Å²) in [5.41, 5.74) is 1.21. The maximum absolute atomic E-state index is 10.5. The maximum atomic E-state index is 10.5. The Kier molecular flexibility index (Phi) is 3.95. The molecule has 3 nitrogen and oxygen atoms in total. The fourth-order valence-electron chi connectivity index (χ4n) is 2.13. The first kappa shape index (κ1) is 12.6. The highest BCUT2D eigenvalue weighted by molar-refractivity contribution is 5.86. The number of hydrogen-bond donors (Lipinski definition) is 2. The fourth-order valence-corrected chi connectivity index (χ4v) is 2.13. The lowest BCUT2D eigenvalue weighted by Gasteiger charge is -2.16. The summed E-state index contributed by atoms with van der Waals surface area (Å²) >= 11 is 0. The van der Waals surface area contributed by atoms with Crippen molar-refractivity contribution in [3.63, 3.8) is 0 Å². The summed E-state index contributed by atoms with van der Waals surface area (Å²) in [6.45, 7) is 2.54. The predicted molar refractivity (Wildman–Crippen MR) is 72.6 cm³/mol. The summed E-state index contributed by atoms with van der Waals surface area (Å²) < 4.78 is 0. The summed E-state index contributed by atoms with van der Waals surface area (Å²) in [5, 5.41) is 14.3. The third-order valence-corrected chi connectivity index (χ3v) is 3.08. The van der Waals surface area contributed by atoms with Gasteiger partial charge in [0.05, 0.1) is 6.42 Å². The largest absolute Gasteiger partial charge is 0.481 e. The Morgan fingerprint density at radius 1 is 1.22 bits per heavy atom. The Hall–Kier alpha value is -1.87. The molecule has 0 saturated heterocycles. The number of rotatable bonds is 5. The van der Waals surface area contributed by atoms with E-state index in [1.165, 1.54) is 16.3 Å². The SMILES string of the molecule is C[C@H](NCCC(=O)O)c1cccc2ccccc12. The van der Waals surface area contributed by atoms with Gasteiger partial charge in [0.25, 0.3) is 0 Å². The van der Waals surface area contributed by atoms with Crippen LogP contribution in [0.5, 0.6) is 0 Å². The Balaban J connectivity index is 2.17. The van der Waals surface area contributed by atoms with E-state index in [0.29, 0.717) is 6.54 Å². The van der Waals surface area contributed by atoms with Crippen LogP contribution in [0.25, 0.3) is 10.8 Å². The molecule has 2 N–H and O–H groups in total.